The summed E-state index contributed by atoms with van der Waals surface area (Å²) in [7, 11) is 0. The fourth-order valence-electron chi connectivity index (χ4n) is 3.35. The van der Waals surface area contributed by atoms with Gasteiger partial charge in [0.25, 0.3) is 0 Å². The number of tetrazole rings is 1. The molecule has 1 atom stereocenters. The normalized spacial score (nSPS) is 19.5. The Bertz CT molecular complexity index is 676. The van der Waals surface area contributed by atoms with Crippen LogP contribution in [0.4, 0.5) is 0 Å². The molecule has 0 bridgehead atoms. The van der Waals surface area contributed by atoms with E-state index in [1.807, 2.05) is 4.68 Å². The number of rotatable bonds is 7. The van der Waals surface area contributed by atoms with Crippen LogP contribution in [0.1, 0.15) is 55.5 Å². The molecule has 2 fully saturated rings. The Balaban J connectivity index is 1.37. The van der Waals surface area contributed by atoms with Crippen LogP contribution in [0.5, 0.6) is 0 Å². The Morgan fingerprint density at radius 2 is 2.21 bits per heavy atom. The molecule has 0 saturated heterocycles. The maximum absolute atomic E-state index is 12.5. The molecule has 6 nitrogen and oxygen atoms in total. The second-order valence-corrected chi connectivity index (χ2v) is 8.45. The number of nitrogens with one attached hydrogen (secondary N) is 1. The van der Waals surface area contributed by atoms with Crippen LogP contribution >= 0.6 is 23.1 Å². The van der Waals surface area contributed by atoms with Crippen LogP contribution in [0.15, 0.2) is 22.7 Å². The fraction of sp³-hybridized carbons (Fsp3) is 0.625. The van der Waals surface area contributed by atoms with Crippen LogP contribution in [-0.4, -0.2) is 31.9 Å². The molecule has 0 aromatic carbocycles. The predicted molar refractivity (Wildman–Crippen MR) is 94.0 cm³/mol. The van der Waals surface area contributed by atoms with E-state index in [4.69, 9.17) is 0 Å². The lowest BCUT2D eigenvalue weighted by Crippen LogP contribution is -2.33. The number of amides is 1. The Labute approximate surface area is 149 Å². The Hall–Kier alpha value is -1.41. The highest BCUT2D eigenvalue weighted by Crippen LogP contribution is 2.38. The lowest BCUT2D eigenvalue weighted by Gasteiger charge is -2.23. The monoisotopic (exact) mass is 363 g/mol. The van der Waals surface area contributed by atoms with Gasteiger partial charge < -0.3 is 5.32 Å². The summed E-state index contributed by atoms with van der Waals surface area (Å²) >= 11 is 3.16. The molecule has 2 aliphatic rings. The molecule has 4 rings (SSSR count). The first-order chi connectivity index (χ1) is 11.8. The van der Waals surface area contributed by atoms with Crippen LogP contribution < -0.4 is 5.32 Å². The Morgan fingerprint density at radius 1 is 1.38 bits per heavy atom. The van der Waals surface area contributed by atoms with Gasteiger partial charge in [-0.15, -0.1) is 16.4 Å². The first kappa shape index (κ1) is 16.1. The van der Waals surface area contributed by atoms with Crippen LogP contribution in [0.2, 0.25) is 0 Å². The van der Waals surface area contributed by atoms with Gasteiger partial charge in [0.1, 0.15) is 0 Å². The molecule has 1 N–H and O–H groups in total. The Morgan fingerprint density at radius 3 is 2.92 bits per heavy atom. The van der Waals surface area contributed by atoms with E-state index in [1.165, 1.54) is 42.3 Å². The summed E-state index contributed by atoms with van der Waals surface area (Å²) in [6.45, 7) is 0. The van der Waals surface area contributed by atoms with E-state index in [2.05, 4.69) is 38.4 Å². The van der Waals surface area contributed by atoms with E-state index in [0.29, 0.717) is 17.7 Å². The molecule has 1 amide bonds. The zero-order valence-corrected chi connectivity index (χ0v) is 15.1. The lowest BCUT2D eigenvalue weighted by atomic mass is 9.97. The highest BCUT2D eigenvalue weighted by atomic mass is 32.2. The van der Waals surface area contributed by atoms with Crippen molar-refractivity contribution in [2.24, 2.45) is 5.92 Å². The van der Waals surface area contributed by atoms with E-state index in [1.54, 1.807) is 11.3 Å². The molecular formula is C16H21N5OS2. The summed E-state index contributed by atoms with van der Waals surface area (Å²) in [6, 6.07) is 4.78. The summed E-state index contributed by atoms with van der Waals surface area (Å²) in [6.07, 6.45) is 7.21. The number of hydrogen-bond acceptors (Lipinski definition) is 6. The van der Waals surface area contributed by atoms with Gasteiger partial charge in [0.05, 0.1) is 17.8 Å². The van der Waals surface area contributed by atoms with Crippen molar-refractivity contribution in [2.45, 2.75) is 55.8 Å². The maximum Gasteiger partial charge on any atom is 0.230 e. The number of thiophene rings is 1. The highest BCUT2D eigenvalue weighted by molar-refractivity contribution is 7.99. The molecule has 8 heteroatoms. The van der Waals surface area contributed by atoms with Crippen molar-refractivity contribution in [2.75, 3.05) is 5.75 Å². The average Bonchev–Trinajstić information content (AvgIpc) is 3.08. The minimum absolute atomic E-state index is 0.0654. The number of aromatic nitrogens is 4. The average molecular weight is 364 g/mol. The molecule has 128 valence electrons. The molecule has 2 aromatic rings. The van der Waals surface area contributed by atoms with Crippen molar-refractivity contribution >= 4 is 29.0 Å². The number of hydrogen-bond donors (Lipinski definition) is 1. The van der Waals surface area contributed by atoms with Gasteiger partial charge in [-0.1, -0.05) is 30.7 Å². The summed E-state index contributed by atoms with van der Waals surface area (Å²) in [5.41, 5.74) is 0. The van der Waals surface area contributed by atoms with Crippen molar-refractivity contribution in [3.63, 3.8) is 0 Å². The van der Waals surface area contributed by atoms with E-state index >= 15 is 0 Å². The molecule has 2 heterocycles. The number of carbonyl (C=O) groups is 1. The second kappa shape index (κ2) is 7.23. The molecule has 0 spiro atoms. The molecule has 1 unspecified atom stereocenters. The zero-order chi connectivity index (χ0) is 16.4. The third-order valence-corrected chi connectivity index (χ3v) is 6.61. The van der Waals surface area contributed by atoms with Crippen molar-refractivity contribution in [3.05, 3.63) is 22.4 Å². The number of nitrogens with zero attached hydrogens (tertiary/aromatic N) is 4. The maximum atomic E-state index is 12.5. The fourth-order valence-corrected chi connectivity index (χ4v) is 4.98. The Kier molecular flexibility index (Phi) is 4.84. The van der Waals surface area contributed by atoms with Crippen molar-refractivity contribution in [3.8, 4) is 0 Å². The van der Waals surface area contributed by atoms with Gasteiger partial charge in [-0.3, -0.25) is 4.79 Å². The van der Waals surface area contributed by atoms with Gasteiger partial charge in [-0.25, -0.2) is 4.68 Å². The van der Waals surface area contributed by atoms with Crippen LogP contribution in [0.25, 0.3) is 0 Å². The lowest BCUT2D eigenvalue weighted by molar-refractivity contribution is -0.119. The topological polar surface area (TPSA) is 72.7 Å². The first-order valence-corrected chi connectivity index (χ1v) is 10.4. The van der Waals surface area contributed by atoms with Crippen LogP contribution in [-0.2, 0) is 4.79 Å². The summed E-state index contributed by atoms with van der Waals surface area (Å²) in [5, 5.41) is 17.9. The highest BCUT2D eigenvalue weighted by Gasteiger charge is 2.30. The standard InChI is InChI=1S/C16H21N5OS2/c22-14(10-24-16-18-19-20-21(16)12-7-8-12)17-15(11-4-1-2-5-11)13-6-3-9-23-13/h3,6,9,11-12,15H,1-2,4-5,7-8,10H2,(H,17,22). The predicted octanol–water partition coefficient (Wildman–Crippen LogP) is 3.21. The third-order valence-electron chi connectivity index (χ3n) is 4.73. The zero-order valence-electron chi connectivity index (χ0n) is 13.4. The SMILES string of the molecule is O=C(CSc1nnnn1C1CC1)NC(c1cccs1)C1CCCC1. The molecule has 24 heavy (non-hydrogen) atoms. The van der Waals surface area contributed by atoms with Gasteiger partial charge >= 0.3 is 0 Å². The summed E-state index contributed by atoms with van der Waals surface area (Å²) < 4.78 is 1.85. The molecule has 2 aromatic heterocycles. The van der Waals surface area contributed by atoms with Crippen molar-refractivity contribution < 1.29 is 4.79 Å². The largest absolute Gasteiger partial charge is 0.347 e. The van der Waals surface area contributed by atoms with Crippen LogP contribution in [0, 0.1) is 5.92 Å². The molecule has 2 saturated carbocycles. The molecular weight excluding hydrogens is 342 g/mol. The van der Waals surface area contributed by atoms with E-state index in [-0.39, 0.29) is 11.9 Å². The summed E-state index contributed by atoms with van der Waals surface area (Å²) in [4.78, 5) is 13.8. The molecule has 2 aliphatic carbocycles. The second-order valence-electron chi connectivity index (χ2n) is 6.53. The number of carbonyl (C=O) groups excluding carboxylic acids is 1. The van der Waals surface area contributed by atoms with E-state index in [9.17, 15) is 4.79 Å². The van der Waals surface area contributed by atoms with E-state index < -0.39 is 0 Å². The third kappa shape index (κ3) is 3.64. The van der Waals surface area contributed by atoms with Crippen LogP contribution in [0.3, 0.4) is 0 Å². The van der Waals surface area contributed by atoms with Gasteiger partial charge in [-0.2, -0.15) is 0 Å². The minimum Gasteiger partial charge on any atom is -0.347 e. The first-order valence-electron chi connectivity index (χ1n) is 8.54. The van der Waals surface area contributed by atoms with Crippen molar-refractivity contribution in [1.29, 1.82) is 0 Å². The van der Waals surface area contributed by atoms with Gasteiger partial charge in [-0.05, 0) is 53.5 Å². The van der Waals surface area contributed by atoms with Crippen molar-refractivity contribution in [1.82, 2.24) is 25.5 Å². The number of thioether (sulfide) groups is 1. The van der Waals surface area contributed by atoms with Gasteiger partial charge in [0.2, 0.25) is 11.1 Å². The van der Waals surface area contributed by atoms with Gasteiger partial charge in [0, 0.05) is 4.88 Å². The van der Waals surface area contributed by atoms with E-state index in [0.717, 1.165) is 18.0 Å². The smallest absolute Gasteiger partial charge is 0.230 e. The quantitative estimate of drug-likeness (QED) is 0.765. The minimum atomic E-state index is 0.0654. The van der Waals surface area contributed by atoms with Gasteiger partial charge in [0.15, 0.2) is 0 Å². The summed E-state index contributed by atoms with van der Waals surface area (Å²) in [5.74, 6) is 0.992. The molecule has 0 radical (unpaired) electrons. The molecule has 0 aliphatic heterocycles.